The molecule has 3 aromatic carbocycles. The summed E-state index contributed by atoms with van der Waals surface area (Å²) < 4.78 is 0. The maximum Gasteiger partial charge on any atom is 0.269 e. The highest BCUT2D eigenvalue weighted by Crippen LogP contribution is 2.27. The Bertz CT molecular complexity index is 929. The topological polar surface area (TPSA) is 72.2 Å². The monoisotopic (exact) mass is 386 g/mol. The predicted octanol–water partition coefficient (Wildman–Crippen LogP) is 4.95. The highest BCUT2D eigenvalue weighted by Gasteiger charge is 2.13. The molecule has 0 fully saturated rings. The molecule has 0 saturated carbocycles. The summed E-state index contributed by atoms with van der Waals surface area (Å²) >= 11 is 0. The van der Waals surface area contributed by atoms with E-state index in [9.17, 15) is 14.9 Å². The van der Waals surface area contributed by atoms with Crippen LogP contribution in [0.25, 0.3) is 6.08 Å². The van der Waals surface area contributed by atoms with Gasteiger partial charge in [0.2, 0.25) is 5.91 Å². The number of hydrogen-bond acceptors (Lipinski definition) is 3. The van der Waals surface area contributed by atoms with Crippen LogP contribution >= 0.6 is 0 Å². The zero-order valence-corrected chi connectivity index (χ0v) is 15.9. The number of carbonyl (C=O) groups excluding carboxylic acids is 1. The van der Waals surface area contributed by atoms with Crippen LogP contribution in [0.1, 0.15) is 29.0 Å². The van der Waals surface area contributed by atoms with Crippen molar-refractivity contribution < 1.29 is 9.72 Å². The lowest BCUT2D eigenvalue weighted by atomic mass is 9.88. The van der Waals surface area contributed by atoms with Crippen LogP contribution in [-0.4, -0.2) is 17.4 Å². The van der Waals surface area contributed by atoms with Gasteiger partial charge in [-0.1, -0.05) is 60.7 Å². The van der Waals surface area contributed by atoms with Gasteiger partial charge in [-0.05, 0) is 41.3 Å². The van der Waals surface area contributed by atoms with Crippen LogP contribution in [0.5, 0.6) is 0 Å². The van der Waals surface area contributed by atoms with Crippen molar-refractivity contribution in [1.82, 2.24) is 5.32 Å². The number of benzene rings is 3. The Balaban J connectivity index is 1.58. The van der Waals surface area contributed by atoms with E-state index < -0.39 is 4.92 Å². The molecule has 1 N–H and O–H groups in total. The third kappa shape index (κ3) is 5.87. The third-order valence-corrected chi connectivity index (χ3v) is 4.67. The Morgan fingerprint density at radius 1 is 0.897 bits per heavy atom. The normalized spacial score (nSPS) is 10.9. The third-order valence-electron chi connectivity index (χ3n) is 4.67. The summed E-state index contributed by atoms with van der Waals surface area (Å²) in [6, 6.07) is 26.6. The molecule has 0 unspecified atom stereocenters. The molecule has 3 aromatic rings. The molecule has 0 aliphatic rings. The Morgan fingerprint density at radius 3 is 1.97 bits per heavy atom. The first-order chi connectivity index (χ1) is 14.1. The maximum absolute atomic E-state index is 12.1. The molecular weight excluding hydrogens is 364 g/mol. The molecule has 3 rings (SSSR count). The van der Waals surface area contributed by atoms with E-state index >= 15 is 0 Å². The molecule has 5 heteroatoms. The number of rotatable bonds is 8. The highest BCUT2D eigenvalue weighted by molar-refractivity contribution is 5.91. The molecule has 0 aliphatic heterocycles. The van der Waals surface area contributed by atoms with Gasteiger partial charge in [0.15, 0.2) is 0 Å². The molecule has 0 aliphatic carbocycles. The first kappa shape index (κ1) is 20.0. The molecular formula is C24H22N2O3. The van der Waals surface area contributed by atoms with E-state index in [1.54, 1.807) is 18.2 Å². The molecule has 0 saturated heterocycles. The van der Waals surface area contributed by atoms with Gasteiger partial charge in [-0.25, -0.2) is 0 Å². The molecule has 0 bridgehead atoms. The van der Waals surface area contributed by atoms with Gasteiger partial charge in [0.1, 0.15) is 0 Å². The molecule has 1 amide bonds. The fraction of sp³-hybridized carbons (Fsp3) is 0.125. The second-order valence-electron chi connectivity index (χ2n) is 6.64. The summed E-state index contributed by atoms with van der Waals surface area (Å²) in [6.45, 7) is 0.540. The number of nitrogens with one attached hydrogen (secondary N) is 1. The van der Waals surface area contributed by atoms with Crippen molar-refractivity contribution in [1.29, 1.82) is 0 Å². The highest BCUT2D eigenvalue weighted by atomic mass is 16.6. The van der Waals surface area contributed by atoms with Crippen LogP contribution in [0.2, 0.25) is 0 Å². The van der Waals surface area contributed by atoms with Crippen molar-refractivity contribution in [2.75, 3.05) is 6.54 Å². The van der Waals surface area contributed by atoms with Gasteiger partial charge < -0.3 is 5.32 Å². The lowest BCUT2D eigenvalue weighted by Gasteiger charge is -2.18. The number of amides is 1. The van der Waals surface area contributed by atoms with Crippen molar-refractivity contribution in [3.05, 3.63) is 118 Å². The molecule has 0 heterocycles. The van der Waals surface area contributed by atoms with Crippen LogP contribution in [0.15, 0.2) is 91.0 Å². The Labute approximate surface area is 169 Å². The summed E-state index contributed by atoms with van der Waals surface area (Å²) in [4.78, 5) is 22.4. The smallest absolute Gasteiger partial charge is 0.269 e. The fourth-order valence-corrected chi connectivity index (χ4v) is 3.17. The minimum Gasteiger partial charge on any atom is -0.353 e. The minimum absolute atomic E-state index is 0.0273. The maximum atomic E-state index is 12.1. The van der Waals surface area contributed by atoms with E-state index in [0.29, 0.717) is 6.54 Å². The summed E-state index contributed by atoms with van der Waals surface area (Å²) in [7, 11) is 0. The predicted molar refractivity (Wildman–Crippen MR) is 114 cm³/mol. The lowest BCUT2D eigenvalue weighted by Crippen LogP contribution is -2.23. The lowest BCUT2D eigenvalue weighted by molar-refractivity contribution is -0.384. The summed E-state index contributed by atoms with van der Waals surface area (Å²) in [5.41, 5.74) is 3.19. The van der Waals surface area contributed by atoms with Gasteiger partial charge in [-0.15, -0.1) is 0 Å². The van der Waals surface area contributed by atoms with Crippen LogP contribution in [0.4, 0.5) is 5.69 Å². The van der Waals surface area contributed by atoms with Gasteiger partial charge in [0.25, 0.3) is 5.69 Å². The Kier molecular flexibility index (Phi) is 6.90. The summed E-state index contributed by atoms with van der Waals surface area (Å²) in [5, 5.41) is 13.6. The first-order valence-corrected chi connectivity index (χ1v) is 9.44. The van der Waals surface area contributed by atoms with Gasteiger partial charge in [-0.2, -0.15) is 0 Å². The number of nitrogens with zero attached hydrogens (tertiary/aromatic N) is 1. The molecule has 0 radical (unpaired) electrons. The SMILES string of the molecule is O=C(C=Cc1ccc([N+](=O)[O-])cc1)NCCC(c1ccccc1)c1ccccc1. The van der Waals surface area contributed by atoms with Crippen molar-refractivity contribution >= 4 is 17.7 Å². The van der Waals surface area contributed by atoms with E-state index in [4.69, 9.17) is 0 Å². The zero-order valence-electron chi connectivity index (χ0n) is 15.9. The van der Waals surface area contributed by atoms with Crippen molar-refractivity contribution in [3.8, 4) is 0 Å². The Hall–Kier alpha value is -3.73. The molecule has 5 nitrogen and oxygen atoms in total. The zero-order chi connectivity index (χ0) is 20.5. The van der Waals surface area contributed by atoms with E-state index in [1.165, 1.54) is 29.3 Å². The summed E-state index contributed by atoms with van der Waals surface area (Å²) in [6.07, 6.45) is 3.87. The number of carbonyl (C=O) groups is 1. The van der Waals surface area contributed by atoms with Gasteiger partial charge in [0.05, 0.1) is 4.92 Å². The first-order valence-electron chi connectivity index (χ1n) is 9.44. The van der Waals surface area contributed by atoms with Crippen molar-refractivity contribution in [3.63, 3.8) is 0 Å². The van der Waals surface area contributed by atoms with E-state index in [1.807, 2.05) is 36.4 Å². The fourth-order valence-electron chi connectivity index (χ4n) is 3.17. The number of non-ortho nitro benzene ring substituents is 1. The van der Waals surface area contributed by atoms with Gasteiger partial charge in [0, 0.05) is 30.7 Å². The Morgan fingerprint density at radius 2 is 1.45 bits per heavy atom. The van der Waals surface area contributed by atoms with Crippen LogP contribution in [-0.2, 0) is 4.79 Å². The van der Waals surface area contributed by atoms with Gasteiger partial charge >= 0.3 is 0 Å². The second kappa shape index (κ2) is 9.99. The quantitative estimate of drug-likeness (QED) is 0.338. The van der Waals surface area contributed by atoms with Crippen LogP contribution in [0.3, 0.4) is 0 Å². The largest absolute Gasteiger partial charge is 0.353 e. The molecule has 29 heavy (non-hydrogen) atoms. The molecule has 146 valence electrons. The van der Waals surface area contributed by atoms with Crippen LogP contribution < -0.4 is 5.32 Å². The van der Waals surface area contributed by atoms with Crippen molar-refractivity contribution in [2.24, 2.45) is 0 Å². The van der Waals surface area contributed by atoms with Crippen molar-refractivity contribution in [2.45, 2.75) is 12.3 Å². The number of nitro groups is 1. The number of hydrogen-bond donors (Lipinski definition) is 1. The minimum atomic E-state index is -0.448. The molecule has 0 atom stereocenters. The summed E-state index contributed by atoms with van der Waals surface area (Å²) in [5.74, 6) is 0.0135. The van der Waals surface area contributed by atoms with Gasteiger partial charge in [-0.3, -0.25) is 14.9 Å². The average molecular weight is 386 g/mol. The molecule has 0 aromatic heterocycles. The van der Waals surface area contributed by atoms with E-state index in [2.05, 4.69) is 29.6 Å². The van der Waals surface area contributed by atoms with E-state index in [-0.39, 0.29) is 17.5 Å². The average Bonchev–Trinajstić information content (AvgIpc) is 2.77. The molecule has 0 spiro atoms. The van der Waals surface area contributed by atoms with E-state index in [0.717, 1.165) is 12.0 Å². The number of nitro benzene ring substituents is 1. The second-order valence-corrected chi connectivity index (χ2v) is 6.64. The standard InChI is InChI=1S/C24H22N2O3/c27-24(16-13-19-11-14-22(15-12-19)26(28)29)25-18-17-23(20-7-3-1-4-8-20)21-9-5-2-6-10-21/h1-16,23H,17-18H2,(H,25,27). The van der Waals surface area contributed by atoms with Crippen LogP contribution in [0, 0.1) is 10.1 Å².